The standard InChI is InChI=1S/C18H13NO6/c1-24-14-8-4-5-10-9-12(18(23)25-15(10)14)16(20)19-13-7-3-2-6-11(13)17(21)22/h2-9H,1H3,(H,19,20)(H,21,22). The van der Waals surface area contributed by atoms with Crippen molar-refractivity contribution < 1.29 is 23.8 Å². The van der Waals surface area contributed by atoms with Crippen LogP contribution in [0, 0.1) is 0 Å². The minimum atomic E-state index is -1.19. The number of carbonyl (C=O) groups is 2. The van der Waals surface area contributed by atoms with Crippen LogP contribution >= 0.6 is 0 Å². The Bertz CT molecular complexity index is 1040. The minimum absolute atomic E-state index is 0.0808. The lowest BCUT2D eigenvalue weighted by Crippen LogP contribution is -2.21. The number of rotatable bonds is 4. The van der Waals surface area contributed by atoms with Crippen LogP contribution in [0.15, 0.2) is 57.7 Å². The highest BCUT2D eigenvalue weighted by molar-refractivity contribution is 6.08. The lowest BCUT2D eigenvalue weighted by atomic mass is 10.1. The van der Waals surface area contributed by atoms with Gasteiger partial charge in [0.05, 0.1) is 18.4 Å². The molecule has 0 fully saturated rings. The number of anilines is 1. The maximum atomic E-state index is 12.4. The van der Waals surface area contributed by atoms with E-state index >= 15 is 0 Å². The Morgan fingerprint density at radius 2 is 1.84 bits per heavy atom. The van der Waals surface area contributed by atoms with Gasteiger partial charge in [0.25, 0.3) is 5.91 Å². The van der Waals surface area contributed by atoms with Gasteiger partial charge in [-0.1, -0.05) is 24.3 Å². The smallest absolute Gasteiger partial charge is 0.349 e. The number of para-hydroxylation sites is 2. The molecule has 2 aromatic carbocycles. The number of ether oxygens (including phenoxy) is 1. The van der Waals surface area contributed by atoms with Gasteiger partial charge in [-0.15, -0.1) is 0 Å². The van der Waals surface area contributed by atoms with Gasteiger partial charge in [0.15, 0.2) is 11.3 Å². The Morgan fingerprint density at radius 1 is 1.08 bits per heavy atom. The number of benzene rings is 2. The number of fused-ring (bicyclic) bond motifs is 1. The Hall–Kier alpha value is -3.61. The van der Waals surface area contributed by atoms with E-state index in [1.807, 2.05) is 0 Å². The SMILES string of the molecule is COc1cccc2cc(C(=O)Nc3ccccc3C(=O)O)c(=O)oc12. The number of carboxylic acid groups (broad SMARTS) is 1. The average molecular weight is 339 g/mol. The number of hydrogen-bond donors (Lipinski definition) is 2. The van der Waals surface area contributed by atoms with Crippen molar-refractivity contribution in [3.63, 3.8) is 0 Å². The molecule has 3 rings (SSSR count). The largest absolute Gasteiger partial charge is 0.493 e. The van der Waals surface area contributed by atoms with Crippen LogP contribution in [0.25, 0.3) is 11.0 Å². The summed E-state index contributed by atoms with van der Waals surface area (Å²) in [5.74, 6) is -1.57. The number of amides is 1. The molecule has 0 radical (unpaired) electrons. The number of methoxy groups -OCH3 is 1. The second kappa shape index (κ2) is 6.48. The van der Waals surface area contributed by atoms with Crippen LogP contribution < -0.4 is 15.7 Å². The van der Waals surface area contributed by atoms with Gasteiger partial charge in [0.2, 0.25) is 0 Å². The molecular weight excluding hydrogens is 326 g/mol. The maximum Gasteiger partial charge on any atom is 0.349 e. The van der Waals surface area contributed by atoms with Gasteiger partial charge in [-0.2, -0.15) is 0 Å². The van der Waals surface area contributed by atoms with Gasteiger partial charge in [0, 0.05) is 5.39 Å². The second-order valence-corrected chi connectivity index (χ2v) is 5.13. The zero-order valence-corrected chi connectivity index (χ0v) is 13.1. The first-order chi connectivity index (χ1) is 12.0. The predicted octanol–water partition coefficient (Wildman–Crippen LogP) is 2.75. The number of carboxylic acids is 1. The number of hydrogen-bond acceptors (Lipinski definition) is 5. The van der Waals surface area contributed by atoms with Gasteiger partial charge in [-0.3, -0.25) is 4.79 Å². The molecular formula is C18H13NO6. The molecule has 0 spiro atoms. The summed E-state index contributed by atoms with van der Waals surface area (Å²) in [7, 11) is 1.44. The van der Waals surface area contributed by atoms with E-state index < -0.39 is 17.5 Å². The van der Waals surface area contributed by atoms with Crippen LogP contribution in [-0.2, 0) is 0 Å². The molecule has 2 N–H and O–H groups in total. The molecule has 3 aromatic rings. The van der Waals surface area contributed by atoms with E-state index in [9.17, 15) is 14.4 Å². The third-order valence-corrected chi connectivity index (χ3v) is 3.59. The third-order valence-electron chi connectivity index (χ3n) is 3.59. The highest BCUT2D eigenvalue weighted by Crippen LogP contribution is 2.24. The first-order valence-corrected chi connectivity index (χ1v) is 7.26. The molecule has 0 atom stereocenters. The first kappa shape index (κ1) is 16.3. The van der Waals surface area contributed by atoms with E-state index in [-0.39, 0.29) is 22.4 Å². The molecule has 0 saturated heterocycles. The van der Waals surface area contributed by atoms with Gasteiger partial charge in [-0.05, 0) is 24.3 Å². The fourth-order valence-corrected chi connectivity index (χ4v) is 2.41. The van der Waals surface area contributed by atoms with Crippen molar-refractivity contribution in [2.45, 2.75) is 0 Å². The van der Waals surface area contributed by atoms with E-state index in [0.717, 1.165) is 0 Å². The quantitative estimate of drug-likeness (QED) is 0.708. The van der Waals surface area contributed by atoms with Gasteiger partial charge < -0.3 is 19.6 Å². The number of aromatic carboxylic acids is 1. The molecule has 1 amide bonds. The predicted molar refractivity (Wildman–Crippen MR) is 90.4 cm³/mol. The fourth-order valence-electron chi connectivity index (χ4n) is 2.41. The van der Waals surface area contributed by atoms with E-state index in [0.29, 0.717) is 11.1 Å². The van der Waals surface area contributed by atoms with E-state index in [2.05, 4.69) is 5.32 Å². The topological polar surface area (TPSA) is 106 Å². The fraction of sp³-hybridized carbons (Fsp3) is 0.0556. The minimum Gasteiger partial charge on any atom is -0.493 e. The molecule has 1 aromatic heterocycles. The molecule has 1 heterocycles. The molecule has 0 aliphatic heterocycles. The summed E-state index contributed by atoms with van der Waals surface area (Å²) < 4.78 is 10.3. The molecule has 0 saturated carbocycles. The van der Waals surface area contributed by atoms with Gasteiger partial charge >= 0.3 is 11.6 Å². The monoisotopic (exact) mass is 339 g/mol. The van der Waals surface area contributed by atoms with Crippen molar-refractivity contribution in [3.8, 4) is 5.75 Å². The summed E-state index contributed by atoms with van der Waals surface area (Å²) in [6.45, 7) is 0. The lowest BCUT2D eigenvalue weighted by molar-refractivity contribution is 0.0698. The molecule has 0 unspecified atom stereocenters. The zero-order chi connectivity index (χ0) is 18.0. The second-order valence-electron chi connectivity index (χ2n) is 5.13. The first-order valence-electron chi connectivity index (χ1n) is 7.26. The van der Waals surface area contributed by atoms with Crippen molar-refractivity contribution >= 4 is 28.5 Å². The van der Waals surface area contributed by atoms with E-state index in [1.165, 1.54) is 31.4 Å². The van der Waals surface area contributed by atoms with Crippen molar-refractivity contribution in [3.05, 3.63) is 70.1 Å². The van der Waals surface area contributed by atoms with Crippen LogP contribution in [0.2, 0.25) is 0 Å². The average Bonchev–Trinajstić information content (AvgIpc) is 2.60. The summed E-state index contributed by atoms with van der Waals surface area (Å²) >= 11 is 0. The zero-order valence-electron chi connectivity index (χ0n) is 13.1. The third kappa shape index (κ3) is 3.07. The van der Waals surface area contributed by atoms with Crippen molar-refractivity contribution in [1.29, 1.82) is 0 Å². The number of carbonyl (C=O) groups excluding carboxylic acids is 1. The summed E-state index contributed by atoms with van der Waals surface area (Å²) in [4.78, 5) is 35.8. The highest BCUT2D eigenvalue weighted by Gasteiger charge is 2.18. The lowest BCUT2D eigenvalue weighted by Gasteiger charge is -2.09. The van der Waals surface area contributed by atoms with Crippen molar-refractivity contribution in [2.75, 3.05) is 12.4 Å². The molecule has 7 nitrogen and oxygen atoms in total. The van der Waals surface area contributed by atoms with Crippen LogP contribution in [0.1, 0.15) is 20.7 Å². The van der Waals surface area contributed by atoms with Crippen LogP contribution in [0.5, 0.6) is 5.75 Å². The van der Waals surface area contributed by atoms with E-state index in [4.69, 9.17) is 14.3 Å². The summed E-state index contributed by atoms with van der Waals surface area (Å²) in [6.07, 6.45) is 0. The summed E-state index contributed by atoms with van der Waals surface area (Å²) in [5.41, 5.74) is -0.839. The normalized spacial score (nSPS) is 10.4. The van der Waals surface area contributed by atoms with Crippen molar-refractivity contribution in [1.82, 2.24) is 0 Å². The van der Waals surface area contributed by atoms with E-state index in [1.54, 1.807) is 24.3 Å². The van der Waals surface area contributed by atoms with Crippen LogP contribution in [-0.4, -0.2) is 24.1 Å². The van der Waals surface area contributed by atoms with Gasteiger partial charge in [-0.25, -0.2) is 9.59 Å². The van der Waals surface area contributed by atoms with Crippen molar-refractivity contribution in [2.24, 2.45) is 0 Å². The molecule has 7 heteroatoms. The highest BCUT2D eigenvalue weighted by atomic mass is 16.5. The molecule has 0 aliphatic carbocycles. The molecule has 25 heavy (non-hydrogen) atoms. The molecule has 0 aliphatic rings. The Labute approximate surface area is 141 Å². The van der Waals surface area contributed by atoms with Crippen LogP contribution in [0.3, 0.4) is 0 Å². The summed E-state index contributed by atoms with van der Waals surface area (Å²) in [5, 5.41) is 12.1. The summed E-state index contributed by atoms with van der Waals surface area (Å²) in [6, 6.07) is 12.3. The maximum absolute atomic E-state index is 12.4. The van der Waals surface area contributed by atoms with Crippen LogP contribution in [0.4, 0.5) is 5.69 Å². The molecule has 0 bridgehead atoms. The Morgan fingerprint density at radius 3 is 2.56 bits per heavy atom. The Kier molecular flexibility index (Phi) is 4.21. The van der Waals surface area contributed by atoms with Gasteiger partial charge in [0.1, 0.15) is 5.56 Å². The molecule has 126 valence electrons. The number of nitrogens with one attached hydrogen (secondary N) is 1. The Balaban J connectivity index is 2.02.